The molecule has 4 rings (SSSR count). The lowest BCUT2D eigenvalue weighted by atomic mass is 10.2. The van der Waals surface area contributed by atoms with Gasteiger partial charge in [0.25, 0.3) is 0 Å². The number of nitrogens with zero attached hydrogens (tertiary/aromatic N) is 2. The summed E-state index contributed by atoms with van der Waals surface area (Å²) in [5.41, 5.74) is 4.08. The minimum Gasteiger partial charge on any atom is -0.345 e. The molecule has 0 atom stereocenters. The van der Waals surface area contributed by atoms with Crippen molar-refractivity contribution in [3.05, 3.63) is 119 Å². The van der Waals surface area contributed by atoms with Gasteiger partial charge in [-0.05, 0) is 72.1 Å². The topological polar surface area (TPSA) is 20.2 Å². The summed E-state index contributed by atoms with van der Waals surface area (Å²) in [7, 11) is 0. The highest BCUT2D eigenvalue weighted by Crippen LogP contribution is 2.22. The van der Waals surface area contributed by atoms with Crippen LogP contribution >= 0.6 is 35.6 Å². The van der Waals surface area contributed by atoms with Crippen molar-refractivity contribution >= 4 is 46.4 Å². The molecule has 0 spiro atoms. The third-order valence-corrected chi connectivity index (χ3v) is 6.89. The van der Waals surface area contributed by atoms with Crippen LogP contribution in [0.1, 0.15) is 16.8 Å². The van der Waals surface area contributed by atoms with Crippen molar-refractivity contribution in [1.29, 1.82) is 0 Å². The van der Waals surface area contributed by atoms with Gasteiger partial charge in [0.1, 0.15) is 5.82 Å². The molecule has 3 nitrogen and oxygen atoms in total. The molecule has 1 heterocycles. The van der Waals surface area contributed by atoms with Crippen LogP contribution in [0.4, 0.5) is 10.1 Å². The zero-order valence-corrected chi connectivity index (χ0v) is 21.1. The van der Waals surface area contributed by atoms with Crippen LogP contribution in [-0.2, 0) is 19.6 Å². The van der Waals surface area contributed by atoms with Crippen LogP contribution in [0.15, 0.2) is 96.0 Å². The molecule has 174 valence electrons. The molecular weight excluding hydrogens is 485 g/mol. The minimum atomic E-state index is -0.336. The summed E-state index contributed by atoms with van der Waals surface area (Å²) in [5.74, 6) is -0.336. The predicted molar refractivity (Wildman–Crippen MR) is 145 cm³/mol. The lowest BCUT2D eigenvalue weighted by molar-refractivity contribution is 0.399. The van der Waals surface area contributed by atoms with Gasteiger partial charge >= 0.3 is 0 Å². The number of thiocarbonyl (C=S) groups is 1. The number of hydrogen-bond donors (Lipinski definition) is 1. The van der Waals surface area contributed by atoms with Gasteiger partial charge in [-0.25, -0.2) is 4.39 Å². The first kappa shape index (κ1) is 24.3. The first-order chi connectivity index (χ1) is 16.5. The van der Waals surface area contributed by atoms with Crippen molar-refractivity contribution in [3.63, 3.8) is 0 Å². The summed E-state index contributed by atoms with van der Waals surface area (Å²) in [6, 6.07) is 27.1. The molecule has 1 N–H and O–H groups in total. The van der Waals surface area contributed by atoms with Crippen molar-refractivity contribution in [3.8, 4) is 0 Å². The van der Waals surface area contributed by atoms with E-state index in [0.717, 1.165) is 16.9 Å². The van der Waals surface area contributed by atoms with Crippen molar-refractivity contribution in [1.82, 2.24) is 9.47 Å². The van der Waals surface area contributed by atoms with Gasteiger partial charge in [-0.15, -0.1) is 11.8 Å². The fraction of sp³-hybridized carbons (Fsp3) is 0.148. The van der Waals surface area contributed by atoms with Crippen molar-refractivity contribution in [2.45, 2.75) is 24.5 Å². The number of halogens is 2. The zero-order valence-electron chi connectivity index (χ0n) is 18.7. The van der Waals surface area contributed by atoms with Gasteiger partial charge in [0.15, 0.2) is 5.11 Å². The maximum absolute atomic E-state index is 13.5. The number of anilines is 1. The molecule has 0 fully saturated rings. The summed E-state index contributed by atoms with van der Waals surface area (Å²) in [4.78, 5) is 3.32. The van der Waals surface area contributed by atoms with E-state index in [2.05, 4.69) is 51.4 Å². The fourth-order valence-electron chi connectivity index (χ4n) is 3.68. The average molecular weight is 510 g/mol. The van der Waals surface area contributed by atoms with E-state index in [0.29, 0.717) is 29.8 Å². The Morgan fingerprint density at radius 1 is 1.00 bits per heavy atom. The lowest BCUT2D eigenvalue weighted by Gasteiger charge is -2.27. The summed E-state index contributed by atoms with van der Waals surface area (Å²) in [5, 5.41) is 4.48. The zero-order chi connectivity index (χ0) is 23.9. The first-order valence-corrected chi connectivity index (χ1v) is 12.8. The maximum Gasteiger partial charge on any atom is 0.174 e. The first-order valence-electron chi connectivity index (χ1n) is 10.8. The Bertz CT molecular complexity index is 1260. The Balaban J connectivity index is 1.56. The van der Waals surface area contributed by atoms with Crippen molar-refractivity contribution < 1.29 is 4.39 Å². The van der Waals surface area contributed by atoms with Crippen molar-refractivity contribution in [2.75, 3.05) is 11.6 Å². The van der Waals surface area contributed by atoms with E-state index < -0.39 is 0 Å². The van der Waals surface area contributed by atoms with E-state index in [1.165, 1.54) is 22.6 Å². The van der Waals surface area contributed by atoms with Crippen LogP contribution in [0.5, 0.6) is 0 Å². The minimum absolute atomic E-state index is 0.336. The van der Waals surface area contributed by atoms with Gasteiger partial charge in [-0.1, -0.05) is 54.1 Å². The quantitative estimate of drug-likeness (QED) is 0.196. The Hall–Kier alpha value is -2.80. The summed E-state index contributed by atoms with van der Waals surface area (Å²) in [6.07, 6.45) is 4.06. The second kappa shape index (κ2) is 11.6. The number of benzene rings is 3. The highest BCUT2D eigenvalue weighted by atomic mass is 35.5. The molecule has 0 radical (unpaired) electrons. The molecule has 0 amide bonds. The number of nitrogens with one attached hydrogen (secondary N) is 1. The van der Waals surface area contributed by atoms with Crippen LogP contribution in [0.25, 0.3) is 0 Å². The third-order valence-electron chi connectivity index (χ3n) is 5.46. The molecule has 0 bridgehead atoms. The summed E-state index contributed by atoms with van der Waals surface area (Å²) in [6.45, 7) is 1.82. The van der Waals surface area contributed by atoms with Gasteiger partial charge in [-0.2, -0.15) is 0 Å². The molecule has 1 aromatic heterocycles. The molecule has 0 aliphatic carbocycles. The Kier molecular flexibility index (Phi) is 8.27. The number of rotatable bonds is 8. The molecule has 34 heavy (non-hydrogen) atoms. The number of thioether (sulfide) groups is 1. The van der Waals surface area contributed by atoms with Crippen LogP contribution < -0.4 is 5.32 Å². The largest absolute Gasteiger partial charge is 0.345 e. The van der Waals surface area contributed by atoms with Gasteiger partial charge < -0.3 is 14.8 Å². The average Bonchev–Trinajstić information content (AvgIpc) is 3.27. The van der Waals surface area contributed by atoms with Crippen LogP contribution in [0.3, 0.4) is 0 Å². The molecular formula is C27H25ClFN3S2. The Labute approximate surface area is 214 Å². The second-order valence-corrected chi connectivity index (χ2v) is 9.54. The molecule has 0 saturated heterocycles. The summed E-state index contributed by atoms with van der Waals surface area (Å²) >= 11 is 13.8. The lowest BCUT2D eigenvalue weighted by Crippen LogP contribution is -2.34. The molecule has 0 aliphatic rings. The molecule has 0 saturated carbocycles. The smallest absolute Gasteiger partial charge is 0.174 e. The monoisotopic (exact) mass is 509 g/mol. The highest BCUT2D eigenvalue weighted by Gasteiger charge is 2.15. The SMILES string of the molecule is CSc1cccc(NC(=S)N(Cc2ccccc2)Cc2cccn2Cc2ccc(F)cc2Cl)c1. The van der Waals surface area contributed by atoms with Gasteiger partial charge in [0, 0.05) is 40.6 Å². The molecule has 3 aromatic carbocycles. The van der Waals surface area contributed by atoms with E-state index in [-0.39, 0.29) is 5.82 Å². The summed E-state index contributed by atoms with van der Waals surface area (Å²) < 4.78 is 15.6. The number of aromatic nitrogens is 1. The normalized spacial score (nSPS) is 10.8. The molecule has 0 unspecified atom stereocenters. The van der Waals surface area contributed by atoms with E-state index in [1.807, 2.05) is 42.6 Å². The number of hydrogen-bond acceptors (Lipinski definition) is 2. The van der Waals surface area contributed by atoms with Gasteiger partial charge in [0.2, 0.25) is 0 Å². The van der Waals surface area contributed by atoms with Crippen molar-refractivity contribution in [2.24, 2.45) is 0 Å². The van der Waals surface area contributed by atoms with Gasteiger partial charge in [0.05, 0.1) is 6.54 Å². The predicted octanol–water partition coefficient (Wildman–Crippen LogP) is 7.45. The fourth-order valence-corrected chi connectivity index (χ4v) is 4.62. The molecule has 0 aliphatic heterocycles. The second-order valence-electron chi connectivity index (χ2n) is 7.87. The van der Waals surface area contributed by atoms with Crippen LogP contribution in [0.2, 0.25) is 5.02 Å². The van der Waals surface area contributed by atoms with Gasteiger partial charge in [-0.3, -0.25) is 0 Å². The molecule has 7 heteroatoms. The van der Waals surface area contributed by atoms with E-state index >= 15 is 0 Å². The van der Waals surface area contributed by atoms with E-state index in [4.69, 9.17) is 23.8 Å². The maximum atomic E-state index is 13.5. The van der Waals surface area contributed by atoms with Crippen LogP contribution in [0, 0.1) is 5.82 Å². The Morgan fingerprint density at radius 3 is 2.59 bits per heavy atom. The van der Waals surface area contributed by atoms with E-state index in [1.54, 1.807) is 17.8 Å². The Morgan fingerprint density at radius 2 is 1.82 bits per heavy atom. The third kappa shape index (κ3) is 6.41. The standard InChI is InChI=1S/C27H25ClFN3S2/c1-34-25-11-5-9-23(16-25)30-27(33)32(17-20-7-3-2-4-8-20)19-24-10-6-14-31(24)18-21-12-13-22(29)15-26(21)28/h2-16H,17-19H2,1H3,(H,30,33). The molecule has 4 aromatic rings. The van der Waals surface area contributed by atoms with E-state index in [9.17, 15) is 4.39 Å². The highest BCUT2D eigenvalue weighted by molar-refractivity contribution is 7.98. The van der Waals surface area contributed by atoms with Crippen LogP contribution in [-0.4, -0.2) is 20.8 Å².